The zero-order valence-electron chi connectivity index (χ0n) is 18.7. The molecule has 0 unspecified atom stereocenters. The Morgan fingerprint density at radius 2 is 1.84 bits per heavy atom. The van der Waals surface area contributed by atoms with Crippen LogP contribution in [0.15, 0.2) is 53.4 Å². The smallest absolute Gasteiger partial charge is 0.243 e. The Balaban J connectivity index is 1.58. The standard InChI is InChI=1S/C24H32N2O5S/c1-19(8-9-20-6-4-3-5-7-20)25-24(27)13-10-21-18-22(11-12-23(21)30-2)32(28,29)26-14-16-31-17-15-26/h3-7,11-12,18-19H,8-10,13-17H2,1-2H3,(H,25,27)/t19-/m0/s1. The summed E-state index contributed by atoms with van der Waals surface area (Å²) in [6.07, 6.45) is 2.41. The van der Waals surface area contributed by atoms with Gasteiger partial charge in [0, 0.05) is 25.6 Å². The van der Waals surface area contributed by atoms with E-state index < -0.39 is 10.0 Å². The summed E-state index contributed by atoms with van der Waals surface area (Å²) < 4.78 is 38.0. The highest BCUT2D eigenvalue weighted by atomic mass is 32.2. The molecule has 0 radical (unpaired) electrons. The van der Waals surface area contributed by atoms with Crippen LogP contribution >= 0.6 is 0 Å². The predicted molar refractivity (Wildman–Crippen MR) is 123 cm³/mol. The Morgan fingerprint density at radius 1 is 1.12 bits per heavy atom. The maximum atomic E-state index is 13.0. The van der Waals surface area contributed by atoms with Crippen molar-refractivity contribution in [3.8, 4) is 5.75 Å². The summed E-state index contributed by atoms with van der Waals surface area (Å²) in [5, 5.41) is 3.03. The molecule has 1 N–H and O–H groups in total. The summed E-state index contributed by atoms with van der Waals surface area (Å²) in [6, 6.07) is 15.1. The third kappa shape index (κ3) is 6.54. The van der Waals surface area contributed by atoms with Crippen molar-refractivity contribution >= 4 is 15.9 Å². The van der Waals surface area contributed by atoms with Gasteiger partial charge < -0.3 is 14.8 Å². The molecule has 7 nitrogen and oxygen atoms in total. The van der Waals surface area contributed by atoms with Crippen LogP contribution in [0.2, 0.25) is 0 Å². The summed E-state index contributed by atoms with van der Waals surface area (Å²) in [4.78, 5) is 12.7. The number of hydrogen-bond acceptors (Lipinski definition) is 5. The zero-order chi connectivity index (χ0) is 23.0. The molecule has 32 heavy (non-hydrogen) atoms. The minimum Gasteiger partial charge on any atom is -0.496 e. The Kier molecular flexibility index (Phi) is 8.67. The average molecular weight is 461 g/mol. The molecule has 1 amide bonds. The van der Waals surface area contributed by atoms with E-state index in [9.17, 15) is 13.2 Å². The van der Waals surface area contributed by atoms with Crippen molar-refractivity contribution in [2.45, 2.75) is 43.5 Å². The van der Waals surface area contributed by atoms with Gasteiger partial charge in [0.15, 0.2) is 0 Å². The fraction of sp³-hybridized carbons (Fsp3) is 0.458. The number of nitrogens with one attached hydrogen (secondary N) is 1. The van der Waals surface area contributed by atoms with Crippen LogP contribution in [0, 0.1) is 0 Å². The molecule has 0 spiro atoms. The molecule has 0 saturated carbocycles. The number of carbonyl (C=O) groups is 1. The van der Waals surface area contributed by atoms with E-state index in [-0.39, 0.29) is 23.3 Å². The summed E-state index contributed by atoms with van der Waals surface area (Å²) in [5.74, 6) is 0.518. The van der Waals surface area contributed by atoms with Crippen LogP contribution in [0.25, 0.3) is 0 Å². The molecule has 1 saturated heterocycles. The largest absolute Gasteiger partial charge is 0.496 e. The zero-order valence-corrected chi connectivity index (χ0v) is 19.6. The van der Waals surface area contributed by atoms with Gasteiger partial charge in [-0.1, -0.05) is 30.3 Å². The van der Waals surface area contributed by atoms with Crippen LogP contribution in [0.1, 0.15) is 30.9 Å². The Morgan fingerprint density at radius 3 is 2.53 bits per heavy atom. The van der Waals surface area contributed by atoms with Crippen LogP contribution in [-0.2, 0) is 32.4 Å². The van der Waals surface area contributed by atoms with Gasteiger partial charge >= 0.3 is 0 Å². The van der Waals surface area contributed by atoms with Gasteiger partial charge in [-0.2, -0.15) is 4.31 Å². The third-order valence-corrected chi connectivity index (χ3v) is 7.49. The maximum Gasteiger partial charge on any atom is 0.243 e. The molecule has 3 rings (SSSR count). The van der Waals surface area contributed by atoms with Crippen molar-refractivity contribution in [3.63, 3.8) is 0 Å². The minimum atomic E-state index is -3.60. The van der Waals surface area contributed by atoms with E-state index in [0.717, 1.165) is 12.8 Å². The second-order valence-corrected chi connectivity index (χ2v) is 9.92. The number of amides is 1. The van der Waals surface area contributed by atoms with Gasteiger partial charge in [-0.3, -0.25) is 4.79 Å². The normalized spacial score (nSPS) is 15.8. The Hall–Kier alpha value is -2.42. The van der Waals surface area contributed by atoms with E-state index in [1.807, 2.05) is 25.1 Å². The molecular weight excluding hydrogens is 428 g/mol. The molecule has 0 aliphatic carbocycles. The van der Waals surface area contributed by atoms with Gasteiger partial charge in [-0.25, -0.2) is 8.42 Å². The van der Waals surface area contributed by atoms with E-state index in [1.165, 1.54) is 9.87 Å². The van der Waals surface area contributed by atoms with Crippen molar-refractivity contribution in [2.24, 2.45) is 0 Å². The first-order valence-corrected chi connectivity index (χ1v) is 12.4. The highest BCUT2D eigenvalue weighted by Crippen LogP contribution is 2.26. The number of morpholine rings is 1. The predicted octanol–water partition coefficient (Wildman–Crippen LogP) is 2.79. The minimum absolute atomic E-state index is 0.0534. The molecule has 1 aliphatic rings. The van der Waals surface area contributed by atoms with E-state index >= 15 is 0 Å². The van der Waals surface area contributed by atoms with E-state index in [2.05, 4.69) is 17.4 Å². The number of carbonyl (C=O) groups excluding carboxylic acids is 1. The second kappa shape index (κ2) is 11.4. The average Bonchev–Trinajstić information content (AvgIpc) is 2.82. The molecule has 1 aliphatic heterocycles. The van der Waals surface area contributed by atoms with Crippen molar-refractivity contribution in [1.82, 2.24) is 9.62 Å². The van der Waals surface area contributed by atoms with Gasteiger partial charge in [-0.15, -0.1) is 0 Å². The molecule has 2 aromatic rings. The lowest BCUT2D eigenvalue weighted by atomic mass is 10.1. The van der Waals surface area contributed by atoms with Gasteiger partial charge in [0.05, 0.1) is 25.2 Å². The molecule has 0 aromatic heterocycles. The Labute approximate surface area is 190 Å². The number of nitrogens with zero attached hydrogens (tertiary/aromatic N) is 1. The first kappa shape index (κ1) is 24.2. The molecular formula is C24H32N2O5S. The SMILES string of the molecule is COc1ccc(S(=O)(=O)N2CCOCC2)cc1CCC(=O)N[C@@H](C)CCc1ccccc1. The van der Waals surface area contributed by atoms with Crippen molar-refractivity contribution < 1.29 is 22.7 Å². The molecule has 1 fully saturated rings. The topological polar surface area (TPSA) is 84.9 Å². The summed E-state index contributed by atoms with van der Waals surface area (Å²) in [7, 11) is -2.06. The molecule has 2 aromatic carbocycles. The van der Waals surface area contributed by atoms with E-state index in [4.69, 9.17) is 9.47 Å². The fourth-order valence-electron chi connectivity index (χ4n) is 3.74. The summed E-state index contributed by atoms with van der Waals surface area (Å²) in [5.41, 5.74) is 1.95. The van der Waals surface area contributed by atoms with Gasteiger partial charge in [0.25, 0.3) is 0 Å². The van der Waals surface area contributed by atoms with Crippen LogP contribution in [0.4, 0.5) is 0 Å². The monoisotopic (exact) mass is 460 g/mol. The lowest BCUT2D eigenvalue weighted by molar-refractivity contribution is -0.121. The van der Waals surface area contributed by atoms with Crippen molar-refractivity contribution in [1.29, 1.82) is 0 Å². The van der Waals surface area contributed by atoms with E-state index in [1.54, 1.807) is 25.3 Å². The molecule has 1 heterocycles. The van der Waals surface area contributed by atoms with E-state index in [0.29, 0.717) is 44.0 Å². The molecule has 0 bridgehead atoms. The van der Waals surface area contributed by atoms with Gasteiger partial charge in [0.1, 0.15) is 5.75 Å². The van der Waals surface area contributed by atoms with Crippen LogP contribution in [-0.4, -0.2) is 58.1 Å². The van der Waals surface area contributed by atoms with Gasteiger partial charge in [0.2, 0.25) is 15.9 Å². The number of ether oxygens (including phenoxy) is 2. The van der Waals surface area contributed by atoms with Gasteiger partial charge in [-0.05, 0) is 55.5 Å². The highest BCUT2D eigenvalue weighted by molar-refractivity contribution is 7.89. The fourth-order valence-corrected chi connectivity index (χ4v) is 5.20. The third-order valence-electron chi connectivity index (χ3n) is 5.60. The molecule has 8 heteroatoms. The first-order valence-electron chi connectivity index (χ1n) is 11.0. The lowest BCUT2D eigenvalue weighted by Gasteiger charge is -2.26. The van der Waals surface area contributed by atoms with Crippen LogP contribution < -0.4 is 10.1 Å². The molecule has 174 valence electrons. The van der Waals surface area contributed by atoms with Crippen LogP contribution in [0.5, 0.6) is 5.75 Å². The first-order chi connectivity index (χ1) is 15.4. The summed E-state index contributed by atoms with van der Waals surface area (Å²) in [6.45, 7) is 3.46. The lowest BCUT2D eigenvalue weighted by Crippen LogP contribution is -2.40. The quantitative estimate of drug-likeness (QED) is 0.589. The Bertz CT molecular complexity index is 989. The summed E-state index contributed by atoms with van der Waals surface area (Å²) >= 11 is 0. The number of aryl methyl sites for hydroxylation is 2. The van der Waals surface area contributed by atoms with Crippen LogP contribution in [0.3, 0.4) is 0 Å². The molecule has 1 atom stereocenters. The second-order valence-electron chi connectivity index (χ2n) is 7.98. The number of benzene rings is 2. The maximum absolute atomic E-state index is 13.0. The number of methoxy groups -OCH3 is 1. The highest BCUT2D eigenvalue weighted by Gasteiger charge is 2.27. The van der Waals surface area contributed by atoms with Crippen molar-refractivity contribution in [2.75, 3.05) is 33.4 Å². The number of sulfonamides is 1. The number of rotatable bonds is 10. The van der Waals surface area contributed by atoms with Crippen molar-refractivity contribution in [3.05, 3.63) is 59.7 Å². The number of hydrogen-bond donors (Lipinski definition) is 1.